The molecule has 0 amide bonds. The first kappa shape index (κ1) is 15.7. The van der Waals surface area contributed by atoms with E-state index < -0.39 is 5.97 Å². The molecule has 1 aliphatic rings. The van der Waals surface area contributed by atoms with Gasteiger partial charge in [-0.3, -0.25) is 0 Å². The summed E-state index contributed by atoms with van der Waals surface area (Å²) in [5, 5.41) is 8.72. The fourth-order valence-corrected chi connectivity index (χ4v) is 3.02. The summed E-state index contributed by atoms with van der Waals surface area (Å²) in [5.74, 6) is -0.611. The van der Waals surface area contributed by atoms with Crippen LogP contribution in [0.3, 0.4) is 0 Å². The minimum Gasteiger partial charge on any atom is -0.478 e. The van der Waals surface area contributed by atoms with E-state index in [1.165, 1.54) is 43.9 Å². The Labute approximate surface area is 125 Å². The number of halogens is 1. The van der Waals surface area contributed by atoms with Gasteiger partial charge >= 0.3 is 5.97 Å². The van der Waals surface area contributed by atoms with Crippen LogP contribution in [0.2, 0.25) is 0 Å². The second kappa shape index (κ2) is 7.36. The molecule has 2 rings (SSSR count). The zero-order valence-corrected chi connectivity index (χ0v) is 12.4. The molecule has 1 aromatic carbocycles. The van der Waals surface area contributed by atoms with Gasteiger partial charge in [-0.05, 0) is 55.1 Å². The Morgan fingerprint density at radius 2 is 2.14 bits per heavy atom. The number of carboxylic acid groups (broad SMARTS) is 1. The van der Waals surface area contributed by atoms with Crippen LogP contribution >= 0.6 is 0 Å². The number of aliphatic carboxylic acids is 1. The number of carboxylic acids is 1. The van der Waals surface area contributed by atoms with Crippen LogP contribution in [-0.2, 0) is 11.3 Å². The van der Waals surface area contributed by atoms with Crippen molar-refractivity contribution < 1.29 is 14.3 Å². The lowest BCUT2D eigenvalue weighted by atomic mass is 10.0. The van der Waals surface area contributed by atoms with Gasteiger partial charge in [0.1, 0.15) is 5.82 Å². The molecule has 1 fully saturated rings. The van der Waals surface area contributed by atoms with Gasteiger partial charge in [-0.2, -0.15) is 0 Å². The topological polar surface area (TPSA) is 40.5 Å². The molecule has 0 aromatic heterocycles. The van der Waals surface area contributed by atoms with Gasteiger partial charge in [0.15, 0.2) is 0 Å². The zero-order valence-electron chi connectivity index (χ0n) is 12.4. The highest BCUT2D eigenvalue weighted by Gasteiger charge is 2.17. The predicted molar refractivity (Wildman–Crippen MR) is 81.4 cm³/mol. The van der Waals surface area contributed by atoms with Crippen molar-refractivity contribution in [2.24, 2.45) is 5.92 Å². The van der Waals surface area contributed by atoms with Crippen molar-refractivity contribution in [2.75, 3.05) is 13.6 Å². The molecule has 0 bridgehead atoms. The van der Waals surface area contributed by atoms with Crippen LogP contribution in [0.25, 0.3) is 6.08 Å². The average molecular weight is 291 g/mol. The lowest BCUT2D eigenvalue weighted by Gasteiger charge is -2.21. The summed E-state index contributed by atoms with van der Waals surface area (Å²) in [5.41, 5.74) is 1.59. The third-order valence-electron chi connectivity index (χ3n) is 4.00. The van der Waals surface area contributed by atoms with Crippen LogP contribution in [-0.4, -0.2) is 29.6 Å². The Kier molecular flexibility index (Phi) is 5.51. The van der Waals surface area contributed by atoms with Crippen LogP contribution in [0, 0.1) is 11.7 Å². The van der Waals surface area contributed by atoms with Crippen molar-refractivity contribution in [2.45, 2.75) is 32.2 Å². The van der Waals surface area contributed by atoms with Crippen molar-refractivity contribution in [1.82, 2.24) is 4.90 Å². The largest absolute Gasteiger partial charge is 0.478 e. The molecule has 1 saturated carbocycles. The van der Waals surface area contributed by atoms with Crippen molar-refractivity contribution in [3.05, 3.63) is 41.2 Å². The summed E-state index contributed by atoms with van der Waals surface area (Å²) in [7, 11) is 2.06. The molecule has 0 heterocycles. The summed E-state index contributed by atoms with van der Waals surface area (Å²) >= 11 is 0. The predicted octanol–water partition coefficient (Wildman–Crippen LogP) is 3.55. The molecular weight excluding hydrogens is 269 g/mol. The standard InChI is InChI=1S/C17H22FNO2/c1-19(11-13-4-2-3-5-13)12-15-6-8-16(18)10-14(15)7-9-17(20)21/h6-10,13H,2-5,11-12H2,1H3,(H,20,21). The third kappa shape index (κ3) is 4.97. The number of rotatable bonds is 6. The van der Waals surface area contributed by atoms with Crippen LogP contribution in [0.15, 0.2) is 24.3 Å². The second-order valence-electron chi connectivity index (χ2n) is 5.86. The first-order valence-corrected chi connectivity index (χ1v) is 7.42. The molecule has 1 N–H and O–H groups in total. The molecule has 0 spiro atoms. The lowest BCUT2D eigenvalue weighted by molar-refractivity contribution is -0.131. The van der Waals surface area contributed by atoms with E-state index in [2.05, 4.69) is 11.9 Å². The number of nitrogens with zero attached hydrogens (tertiary/aromatic N) is 1. The van der Waals surface area contributed by atoms with E-state index >= 15 is 0 Å². The molecule has 1 aliphatic carbocycles. The summed E-state index contributed by atoms with van der Waals surface area (Å²) in [6.07, 6.45) is 7.74. The summed E-state index contributed by atoms with van der Waals surface area (Å²) < 4.78 is 13.3. The van der Waals surface area contributed by atoms with Gasteiger partial charge in [0.2, 0.25) is 0 Å². The molecular formula is C17H22FNO2. The van der Waals surface area contributed by atoms with Gasteiger partial charge in [-0.15, -0.1) is 0 Å². The Morgan fingerprint density at radius 3 is 2.81 bits per heavy atom. The SMILES string of the molecule is CN(Cc1ccc(F)cc1C=CC(=O)O)CC1CCCC1. The number of hydrogen-bond donors (Lipinski definition) is 1. The highest BCUT2D eigenvalue weighted by atomic mass is 19.1. The minimum absolute atomic E-state index is 0.345. The van der Waals surface area contributed by atoms with Crippen LogP contribution in [0.4, 0.5) is 4.39 Å². The monoisotopic (exact) mass is 291 g/mol. The minimum atomic E-state index is -1.02. The fourth-order valence-electron chi connectivity index (χ4n) is 3.02. The normalized spacial score (nSPS) is 16.1. The summed E-state index contributed by atoms with van der Waals surface area (Å²) in [4.78, 5) is 12.9. The van der Waals surface area contributed by atoms with E-state index in [-0.39, 0.29) is 5.82 Å². The van der Waals surface area contributed by atoms with E-state index in [0.717, 1.165) is 24.1 Å². The Hall–Kier alpha value is -1.68. The molecule has 4 heteroatoms. The Bertz CT molecular complexity index is 522. The Morgan fingerprint density at radius 1 is 1.43 bits per heavy atom. The van der Waals surface area contributed by atoms with E-state index in [9.17, 15) is 9.18 Å². The first-order valence-electron chi connectivity index (χ1n) is 7.42. The maximum Gasteiger partial charge on any atom is 0.328 e. The van der Waals surface area contributed by atoms with Crippen LogP contribution in [0.5, 0.6) is 0 Å². The van der Waals surface area contributed by atoms with Crippen molar-refractivity contribution >= 4 is 12.0 Å². The average Bonchev–Trinajstić information content (AvgIpc) is 2.91. The maximum absolute atomic E-state index is 13.3. The van der Waals surface area contributed by atoms with Gasteiger partial charge in [-0.1, -0.05) is 18.9 Å². The molecule has 3 nitrogen and oxygen atoms in total. The number of benzene rings is 1. The number of carbonyl (C=O) groups is 1. The number of hydrogen-bond acceptors (Lipinski definition) is 2. The van der Waals surface area contributed by atoms with Gasteiger partial charge < -0.3 is 10.0 Å². The van der Waals surface area contributed by atoms with E-state index in [0.29, 0.717) is 12.1 Å². The van der Waals surface area contributed by atoms with Gasteiger partial charge in [0.25, 0.3) is 0 Å². The van der Waals surface area contributed by atoms with E-state index in [1.807, 2.05) is 0 Å². The molecule has 0 unspecified atom stereocenters. The highest BCUT2D eigenvalue weighted by Crippen LogP contribution is 2.26. The molecule has 0 atom stereocenters. The maximum atomic E-state index is 13.3. The summed E-state index contributed by atoms with van der Waals surface area (Å²) in [6, 6.07) is 4.55. The quantitative estimate of drug-likeness (QED) is 0.815. The van der Waals surface area contributed by atoms with Crippen molar-refractivity contribution in [3.63, 3.8) is 0 Å². The van der Waals surface area contributed by atoms with Crippen molar-refractivity contribution in [1.29, 1.82) is 0 Å². The van der Waals surface area contributed by atoms with Gasteiger partial charge in [0.05, 0.1) is 0 Å². The van der Waals surface area contributed by atoms with E-state index in [4.69, 9.17) is 5.11 Å². The lowest BCUT2D eigenvalue weighted by Crippen LogP contribution is -2.24. The fraction of sp³-hybridized carbons (Fsp3) is 0.471. The van der Waals surface area contributed by atoms with E-state index in [1.54, 1.807) is 6.07 Å². The molecule has 1 aromatic rings. The third-order valence-corrected chi connectivity index (χ3v) is 4.00. The van der Waals surface area contributed by atoms with Gasteiger partial charge in [-0.25, -0.2) is 9.18 Å². The molecule has 114 valence electrons. The first-order chi connectivity index (χ1) is 10.0. The molecule has 0 aliphatic heterocycles. The van der Waals surface area contributed by atoms with Crippen molar-refractivity contribution in [3.8, 4) is 0 Å². The molecule has 21 heavy (non-hydrogen) atoms. The Balaban J connectivity index is 2.05. The highest BCUT2D eigenvalue weighted by molar-refractivity contribution is 5.85. The zero-order chi connectivity index (χ0) is 15.2. The molecule has 0 saturated heterocycles. The van der Waals surface area contributed by atoms with Crippen LogP contribution in [0.1, 0.15) is 36.8 Å². The smallest absolute Gasteiger partial charge is 0.328 e. The summed E-state index contributed by atoms with van der Waals surface area (Å²) in [6.45, 7) is 1.75. The molecule has 0 radical (unpaired) electrons. The van der Waals surface area contributed by atoms with Crippen LogP contribution < -0.4 is 0 Å². The second-order valence-corrected chi connectivity index (χ2v) is 5.86. The van der Waals surface area contributed by atoms with Gasteiger partial charge in [0, 0.05) is 19.2 Å².